The molecule has 0 bridgehead atoms. The number of imidazole rings is 1. The van der Waals surface area contributed by atoms with E-state index in [2.05, 4.69) is 43.2 Å². The molecule has 33 heavy (non-hydrogen) atoms. The Morgan fingerprint density at radius 3 is 2.70 bits per heavy atom. The summed E-state index contributed by atoms with van der Waals surface area (Å²) in [6.45, 7) is 0.0359. The Morgan fingerprint density at radius 1 is 1.33 bits per heavy atom. The van der Waals surface area contributed by atoms with E-state index in [-0.39, 0.29) is 41.5 Å². The lowest BCUT2D eigenvalue weighted by atomic mass is 9.88. The molecule has 12 heteroatoms. The molecular formula is C21H26BrF3N6O2. The highest BCUT2D eigenvalue weighted by atomic mass is 79.9. The minimum atomic E-state index is -4.49. The number of nitrogens with zero attached hydrogens (tertiary/aromatic N) is 5. The zero-order valence-corrected chi connectivity index (χ0v) is 19.7. The first-order valence-corrected chi connectivity index (χ1v) is 11.7. The number of ether oxygens (including phenoxy) is 1. The van der Waals surface area contributed by atoms with Crippen LogP contribution in [0.25, 0.3) is 11.0 Å². The van der Waals surface area contributed by atoms with E-state index in [1.54, 1.807) is 6.07 Å². The van der Waals surface area contributed by atoms with E-state index < -0.39 is 12.7 Å². The van der Waals surface area contributed by atoms with Gasteiger partial charge in [0.25, 0.3) is 0 Å². The number of pyridine rings is 1. The molecular weight excluding hydrogens is 505 g/mol. The summed E-state index contributed by atoms with van der Waals surface area (Å²) >= 11 is 3.40. The van der Waals surface area contributed by atoms with Crippen molar-refractivity contribution in [3.05, 3.63) is 16.5 Å². The Labute approximate surface area is 197 Å². The van der Waals surface area contributed by atoms with Gasteiger partial charge < -0.3 is 19.7 Å². The summed E-state index contributed by atoms with van der Waals surface area (Å²) in [6.07, 6.45) is 0.568. The lowest BCUT2D eigenvalue weighted by Gasteiger charge is -2.39. The Hall–Kier alpha value is -1.94. The van der Waals surface area contributed by atoms with Gasteiger partial charge in [-0.25, -0.2) is 9.97 Å². The van der Waals surface area contributed by atoms with E-state index in [1.807, 2.05) is 0 Å². The molecule has 0 spiro atoms. The van der Waals surface area contributed by atoms with Crippen molar-refractivity contribution in [1.82, 2.24) is 19.4 Å². The molecule has 180 valence electrons. The lowest BCUT2D eigenvalue weighted by molar-refractivity contribution is -0.140. The summed E-state index contributed by atoms with van der Waals surface area (Å²) < 4.78 is 46.1. The fourth-order valence-corrected chi connectivity index (χ4v) is 5.54. The number of aromatic nitrogens is 3. The van der Waals surface area contributed by atoms with Crippen LogP contribution >= 0.6 is 15.9 Å². The maximum atomic E-state index is 13.1. The van der Waals surface area contributed by atoms with Crippen molar-refractivity contribution < 1.29 is 23.0 Å². The summed E-state index contributed by atoms with van der Waals surface area (Å²) in [5.74, 6) is 0.275. The van der Waals surface area contributed by atoms with Crippen LogP contribution in [-0.2, 0) is 11.3 Å². The summed E-state index contributed by atoms with van der Waals surface area (Å²) in [5.41, 5.74) is 0.432. The Morgan fingerprint density at radius 2 is 2.06 bits per heavy atom. The average Bonchev–Trinajstić information content (AvgIpc) is 3.39. The number of halogens is 4. The van der Waals surface area contributed by atoms with Gasteiger partial charge in [0.05, 0.1) is 29.4 Å². The van der Waals surface area contributed by atoms with E-state index >= 15 is 0 Å². The SMILES string of the molecule is CN(C1CCC(Nc2ncc3nc(C#N)n(CC(F)(F)F)c3c2Br)CC1)C1COCC1CO. The van der Waals surface area contributed by atoms with Gasteiger partial charge in [-0.3, -0.25) is 4.90 Å². The Kier molecular flexibility index (Phi) is 7.14. The maximum Gasteiger partial charge on any atom is 0.406 e. The van der Waals surface area contributed by atoms with E-state index in [9.17, 15) is 23.5 Å². The molecule has 8 nitrogen and oxygen atoms in total. The Balaban J connectivity index is 1.46. The number of hydrogen-bond acceptors (Lipinski definition) is 7. The number of nitriles is 1. The number of fused-ring (bicyclic) bond motifs is 1. The van der Waals surface area contributed by atoms with Gasteiger partial charge >= 0.3 is 6.18 Å². The Bertz CT molecular complexity index is 1030. The van der Waals surface area contributed by atoms with E-state index in [4.69, 9.17) is 4.74 Å². The summed E-state index contributed by atoms with van der Waals surface area (Å²) in [5, 5.41) is 22.2. The third-order valence-corrected chi connectivity index (χ3v) is 7.45. The second-order valence-corrected chi connectivity index (χ2v) is 9.56. The standard InChI is InChI=1S/C21H26BrF3N6O2/c1-30(16-10-33-9-12(16)8-32)14-4-2-13(3-5-14)28-20-18(22)19-15(7-27-20)29-17(6-26)31(19)11-21(23,24)25/h7,12-14,16,32H,2-5,8-11H2,1H3,(H,27,28). The predicted octanol–water partition coefficient (Wildman–Crippen LogP) is 3.29. The van der Waals surface area contributed by atoms with Crippen LogP contribution in [0.4, 0.5) is 19.0 Å². The fraction of sp³-hybridized carbons (Fsp3) is 0.667. The van der Waals surface area contributed by atoms with E-state index in [1.165, 1.54) is 6.20 Å². The molecule has 2 aromatic heterocycles. The van der Waals surface area contributed by atoms with Gasteiger partial charge in [-0.15, -0.1) is 0 Å². The molecule has 2 aliphatic rings. The zero-order valence-electron chi connectivity index (χ0n) is 18.1. The largest absolute Gasteiger partial charge is 0.406 e. The van der Waals surface area contributed by atoms with Gasteiger partial charge in [-0.05, 0) is 48.7 Å². The number of alkyl halides is 3. The van der Waals surface area contributed by atoms with Gasteiger partial charge in [-0.2, -0.15) is 18.4 Å². The van der Waals surface area contributed by atoms with Gasteiger partial charge in [-0.1, -0.05) is 0 Å². The average molecular weight is 531 g/mol. The molecule has 0 amide bonds. The van der Waals surface area contributed by atoms with Crippen LogP contribution in [0.5, 0.6) is 0 Å². The first-order valence-electron chi connectivity index (χ1n) is 10.9. The van der Waals surface area contributed by atoms with Crippen LogP contribution in [0.15, 0.2) is 10.7 Å². The zero-order chi connectivity index (χ0) is 23.8. The van der Waals surface area contributed by atoms with Crippen molar-refractivity contribution in [3.8, 4) is 6.07 Å². The van der Waals surface area contributed by atoms with Gasteiger partial charge in [0.1, 0.15) is 23.9 Å². The van der Waals surface area contributed by atoms with Crippen molar-refractivity contribution in [1.29, 1.82) is 5.26 Å². The third-order valence-electron chi connectivity index (χ3n) is 6.70. The van der Waals surface area contributed by atoms with E-state index in [0.717, 1.165) is 30.3 Å². The first-order chi connectivity index (χ1) is 15.7. The monoisotopic (exact) mass is 530 g/mol. The topological polar surface area (TPSA) is 99.2 Å². The molecule has 1 aliphatic heterocycles. The number of hydrogen-bond donors (Lipinski definition) is 2. The maximum absolute atomic E-state index is 13.1. The molecule has 0 radical (unpaired) electrons. The molecule has 0 aromatic carbocycles. The van der Waals surface area contributed by atoms with Crippen LogP contribution in [0.3, 0.4) is 0 Å². The number of nitrogens with one attached hydrogen (secondary N) is 1. The van der Waals surface area contributed by atoms with Crippen molar-refractivity contribution in [3.63, 3.8) is 0 Å². The highest BCUT2D eigenvalue weighted by molar-refractivity contribution is 9.10. The van der Waals surface area contributed by atoms with Gasteiger partial charge in [0, 0.05) is 30.7 Å². The minimum Gasteiger partial charge on any atom is -0.396 e. The number of likely N-dealkylation sites (N-methyl/N-ethyl adjacent to an activating group) is 1. The molecule has 3 heterocycles. The molecule has 4 rings (SSSR count). The van der Waals surface area contributed by atoms with Crippen molar-refractivity contribution in [2.75, 3.05) is 32.2 Å². The van der Waals surface area contributed by atoms with Crippen LogP contribution in [0, 0.1) is 17.2 Å². The first kappa shape index (κ1) is 24.2. The van der Waals surface area contributed by atoms with Crippen LogP contribution in [0.1, 0.15) is 31.5 Å². The highest BCUT2D eigenvalue weighted by Gasteiger charge is 2.36. The molecule has 1 aliphatic carbocycles. The summed E-state index contributed by atoms with van der Waals surface area (Å²) in [7, 11) is 2.08. The molecule has 1 saturated heterocycles. The quantitative estimate of drug-likeness (QED) is 0.591. The number of rotatable bonds is 6. The molecule has 2 N–H and O–H groups in total. The molecule has 1 saturated carbocycles. The smallest absolute Gasteiger partial charge is 0.396 e. The minimum absolute atomic E-state index is 0.118. The van der Waals surface area contributed by atoms with Crippen molar-refractivity contribution >= 4 is 32.8 Å². The van der Waals surface area contributed by atoms with Crippen LogP contribution in [0.2, 0.25) is 0 Å². The second kappa shape index (κ2) is 9.74. The normalized spacial score (nSPS) is 26.1. The number of aliphatic hydroxyl groups excluding tert-OH is 1. The summed E-state index contributed by atoms with van der Waals surface area (Å²) in [4.78, 5) is 10.7. The molecule has 2 fully saturated rings. The van der Waals surface area contributed by atoms with Crippen molar-refractivity contribution in [2.24, 2.45) is 5.92 Å². The molecule has 2 atom stereocenters. The molecule has 2 aromatic rings. The predicted molar refractivity (Wildman–Crippen MR) is 119 cm³/mol. The van der Waals surface area contributed by atoms with Crippen LogP contribution in [-0.4, -0.2) is 75.7 Å². The van der Waals surface area contributed by atoms with Crippen molar-refractivity contribution in [2.45, 2.75) is 56.5 Å². The molecule has 2 unspecified atom stereocenters. The van der Waals surface area contributed by atoms with Gasteiger partial charge in [0.2, 0.25) is 5.82 Å². The van der Waals surface area contributed by atoms with E-state index in [0.29, 0.717) is 29.5 Å². The number of aliphatic hydroxyl groups is 1. The lowest BCUT2D eigenvalue weighted by Crippen LogP contribution is -2.47. The second-order valence-electron chi connectivity index (χ2n) is 8.77. The number of anilines is 1. The highest BCUT2D eigenvalue weighted by Crippen LogP contribution is 2.35. The van der Waals surface area contributed by atoms with Gasteiger partial charge in [0.15, 0.2) is 0 Å². The summed E-state index contributed by atoms with van der Waals surface area (Å²) in [6, 6.07) is 2.46. The third kappa shape index (κ3) is 5.11. The fourth-order valence-electron chi connectivity index (χ4n) is 4.91. The van der Waals surface area contributed by atoms with Crippen LogP contribution < -0.4 is 5.32 Å².